The lowest BCUT2D eigenvalue weighted by atomic mass is 10.1. The number of methoxy groups -OCH3 is 1. The van der Waals surface area contributed by atoms with Crippen molar-refractivity contribution in [3.63, 3.8) is 0 Å². The number of ether oxygens (including phenoxy) is 1. The second-order valence-electron chi connectivity index (χ2n) is 6.72. The molecule has 0 aliphatic carbocycles. The van der Waals surface area contributed by atoms with E-state index in [2.05, 4.69) is 20.8 Å². The minimum absolute atomic E-state index is 0.0823. The van der Waals surface area contributed by atoms with Crippen molar-refractivity contribution in [2.75, 3.05) is 25.2 Å². The number of anilines is 1. The number of fused-ring (bicyclic) bond motifs is 1. The number of amides is 1. The van der Waals surface area contributed by atoms with E-state index in [-0.39, 0.29) is 5.91 Å². The zero-order chi connectivity index (χ0) is 18.0. The second-order valence-corrected chi connectivity index (χ2v) is 7.92. The summed E-state index contributed by atoms with van der Waals surface area (Å²) in [4.78, 5) is 17.9. The van der Waals surface area contributed by atoms with Crippen molar-refractivity contribution in [1.82, 2.24) is 0 Å². The van der Waals surface area contributed by atoms with Gasteiger partial charge in [0.05, 0.1) is 13.7 Å². The molecule has 1 aromatic heterocycles. The SMILES string of the molecule is CCCC[NH+]1Cc2c(sc(C)c2C)N(C(=O)c2ccc(OC)cc2)C1. The molecule has 1 aliphatic heterocycles. The van der Waals surface area contributed by atoms with Crippen molar-refractivity contribution in [2.24, 2.45) is 0 Å². The maximum atomic E-state index is 13.2. The molecule has 0 saturated heterocycles. The molecule has 2 heterocycles. The molecule has 1 atom stereocenters. The lowest BCUT2D eigenvalue weighted by Crippen LogP contribution is -3.13. The zero-order valence-corrected chi connectivity index (χ0v) is 16.3. The van der Waals surface area contributed by atoms with E-state index in [1.165, 1.54) is 33.7 Å². The number of aryl methyl sites for hydroxylation is 1. The van der Waals surface area contributed by atoms with Gasteiger partial charge in [-0.1, -0.05) is 13.3 Å². The number of nitrogens with zero attached hydrogens (tertiary/aromatic N) is 1. The van der Waals surface area contributed by atoms with Crippen molar-refractivity contribution in [2.45, 2.75) is 40.2 Å². The van der Waals surface area contributed by atoms with E-state index in [1.807, 2.05) is 29.2 Å². The van der Waals surface area contributed by atoms with E-state index < -0.39 is 0 Å². The average Bonchev–Trinajstić information content (AvgIpc) is 2.93. The topological polar surface area (TPSA) is 34.0 Å². The fourth-order valence-corrected chi connectivity index (χ4v) is 4.50. The largest absolute Gasteiger partial charge is 0.497 e. The molecule has 0 radical (unpaired) electrons. The molecule has 0 spiro atoms. The third kappa shape index (κ3) is 3.58. The molecule has 2 aromatic rings. The molecule has 4 nitrogen and oxygen atoms in total. The van der Waals surface area contributed by atoms with E-state index in [1.54, 1.807) is 18.4 Å². The lowest BCUT2D eigenvalue weighted by Gasteiger charge is -2.33. The molecule has 1 aliphatic rings. The van der Waals surface area contributed by atoms with Crippen LogP contribution in [0.25, 0.3) is 0 Å². The Balaban J connectivity index is 1.92. The first-order valence-electron chi connectivity index (χ1n) is 8.93. The highest BCUT2D eigenvalue weighted by molar-refractivity contribution is 7.16. The highest BCUT2D eigenvalue weighted by Crippen LogP contribution is 2.36. The highest BCUT2D eigenvalue weighted by Gasteiger charge is 2.33. The number of benzene rings is 1. The van der Waals surface area contributed by atoms with E-state index in [9.17, 15) is 4.79 Å². The van der Waals surface area contributed by atoms with Crippen LogP contribution in [0.3, 0.4) is 0 Å². The van der Waals surface area contributed by atoms with Crippen LogP contribution in [0.5, 0.6) is 5.75 Å². The van der Waals surface area contributed by atoms with Gasteiger partial charge in [-0.05, 0) is 50.1 Å². The minimum atomic E-state index is 0.0823. The molecule has 1 N–H and O–H groups in total. The van der Waals surface area contributed by atoms with Gasteiger partial charge in [0, 0.05) is 16.0 Å². The summed E-state index contributed by atoms with van der Waals surface area (Å²) < 4.78 is 5.20. The molecule has 1 aromatic carbocycles. The number of unbranched alkanes of at least 4 members (excludes halogenated alkanes) is 1. The van der Waals surface area contributed by atoms with E-state index in [0.29, 0.717) is 5.56 Å². The Morgan fingerprint density at radius 2 is 2.00 bits per heavy atom. The molecule has 1 amide bonds. The third-order valence-corrected chi connectivity index (χ3v) is 6.28. The van der Waals surface area contributed by atoms with Crippen LogP contribution in [0.4, 0.5) is 5.00 Å². The Bertz CT molecular complexity index is 752. The van der Waals surface area contributed by atoms with Crippen molar-refractivity contribution >= 4 is 22.2 Å². The van der Waals surface area contributed by atoms with Crippen molar-refractivity contribution in [3.05, 3.63) is 45.8 Å². The van der Waals surface area contributed by atoms with Gasteiger partial charge in [-0.25, -0.2) is 0 Å². The highest BCUT2D eigenvalue weighted by atomic mass is 32.1. The van der Waals surface area contributed by atoms with Gasteiger partial charge in [-0.3, -0.25) is 9.69 Å². The summed E-state index contributed by atoms with van der Waals surface area (Å²) in [5.41, 5.74) is 3.41. The average molecular weight is 360 g/mol. The maximum Gasteiger partial charge on any atom is 0.263 e. The van der Waals surface area contributed by atoms with Crippen molar-refractivity contribution in [1.29, 1.82) is 0 Å². The first-order chi connectivity index (χ1) is 12.0. The van der Waals surface area contributed by atoms with Crippen molar-refractivity contribution in [3.8, 4) is 5.75 Å². The molecule has 5 heteroatoms. The van der Waals surface area contributed by atoms with Gasteiger partial charge in [0.1, 0.15) is 17.3 Å². The standard InChI is InChI=1S/C20H26N2O2S/c1-5-6-11-21-12-18-14(2)15(3)25-20(18)22(13-21)19(23)16-7-9-17(24-4)10-8-16/h7-10H,5-6,11-13H2,1-4H3/p+1. The van der Waals surface area contributed by atoms with Gasteiger partial charge in [0.2, 0.25) is 0 Å². The number of nitrogens with one attached hydrogen (secondary N) is 1. The summed E-state index contributed by atoms with van der Waals surface area (Å²) in [6, 6.07) is 7.42. The van der Waals surface area contributed by atoms with Gasteiger partial charge in [0.25, 0.3) is 5.91 Å². The second kappa shape index (κ2) is 7.58. The fourth-order valence-electron chi connectivity index (χ4n) is 3.33. The van der Waals surface area contributed by atoms with Crippen LogP contribution in [0.15, 0.2) is 24.3 Å². The van der Waals surface area contributed by atoms with Crippen LogP contribution in [0, 0.1) is 13.8 Å². The zero-order valence-electron chi connectivity index (χ0n) is 15.5. The van der Waals surface area contributed by atoms with E-state index in [0.717, 1.165) is 30.5 Å². The predicted octanol–water partition coefficient (Wildman–Crippen LogP) is 3.18. The minimum Gasteiger partial charge on any atom is -0.497 e. The Kier molecular flexibility index (Phi) is 5.45. The summed E-state index contributed by atoms with van der Waals surface area (Å²) in [7, 11) is 1.64. The maximum absolute atomic E-state index is 13.2. The number of rotatable bonds is 5. The molecule has 134 valence electrons. The van der Waals surface area contributed by atoms with E-state index in [4.69, 9.17) is 4.74 Å². The van der Waals surface area contributed by atoms with E-state index >= 15 is 0 Å². The first-order valence-corrected chi connectivity index (χ1v) is 9.75. The number of hydrogen-bond donors (Lipinski definition) is 1. The van der Waals surface area contributed by atoms with Crippen molar-refractivity contribution < 1.29 is 14.4 Å². The number of carbonyl (C=O) groups excluding carboxylic acids is 1. The monoisotopic (exact) mass is 359 g/mol. The smallest absolute Gasteiger partial charge is 0.263 e. The Morgan fingerprint density at radius 1 is 1.28 bits per heavy atom. The Labute approximate surface area is 154 Å². The van der Waals surface area contributed by atoms with Crippen LogP contribution in [-0.4, -0.2) is 26.2 Å². The molecule has 0 bridgehead atoms. The van der Waals surface area contributed by atoms with Crippen LogP contribution in [0.1, 0.15) is 46.1 Å². The summed E-state index contributed by atoms with van der Waals surface area (Å²) in [5, 5.41) is 1.14. The fraction of sp³-hybridized carbons (Fsp3) is 0.450. The quantitative estimate of drug-likeness (QED) is 0.890. The molecule has 1 unspecified atom stereocenters. The van der Waals surface area contributed by atoms with Crippen LogP contribution in [0.2, 0.25) is 0 Å². The molecular weight excluding hydrogens is 332 g/mol. The van der Waals surface area contributed by atoms with Gasteiger partial charge >= 0.3 is 0 Å². The first kappa shape index (κ1) is 18.0. The molecule has 3 rings (SSSR count). The van der Waals surface area contributed by atoms with Gasteiger partial charge in [-0.2, -0.15) is 0 Å². The number of quaternary nitrogens is 1. The van der Waals surface area contributed by atoms with Gasteiger partial charge in [-0.15, -0.1) is 11.3 Å². The summed E-state index contributed by atoms with van der Waals surface area (Å²) in [6.45, 7) is 9.43. The summed E-state index contributed by atoms with van der Waals surface area (Å²) >= 11 is 1.75. The molecule has 0 saturated carbocycles. The molecule has 25 heavy (non-hydrogen) atoms. The number of hydrogen-bond acceptors (Lipinski definition) is 3. The van der Waals surface area contributed by atoms with Crippen LogP contribution >= 0.6 is 11.3 Å². The summed E-state index contributed by atoms with van der Waals surface area (Å²) in [6.07, 6.45) is 2.38. The van der Waals surface area contributed by atoms with Gasteiger partial charge < -0.3 is 9.64 Å². The normalized spacial score (nSPS) is 16.6. The number of thiophene rings is 1. The Morgan fingerprint density at radius 3 is 2.64 bits per heavy atom. The predicted molar refractivity (Wildman–Crippen MR) is 103 cm³/mol. The molecule has 0 fully saturated rings. The van der Waals surface area contributed by atoms with Crippen LogP contribution in [-0.2, 0) is 6.54 Å². The lowest BCUT2D eigenvalue weighted by molar-refractivity contribution is -0.914. The third-order valence-electron chi connectivity index (χ3n) is 5.01. The summed E-state index contributed by atoms with van der Waals surface area (Å²) in [5.74, 6) is 0.854. The van der Waals surface area contributed by atoms with Crippen LogP contribution < -0.4 is 14.5 Å². The molecular formula is C20H27N2O2S+. The van der Waals surface area contributed by atoms with Gasteiger partial charge in [0.15, 0.2) is 6.67 Å². The number of carbonyl (C=O) groups is 1. The Hall–Kier alpha value is -1.85.